The molecule has 1 nitrogen and oxygen atoms in total. The summed E-state index contributed by atoms with van der Waals surface area (Å²) in [6, 6.07) is 13.1. The van der Waals surface area contributed by atoms with Gasteiger partial charge >= 0.3 is 6.30 Å². The quantitative estimate of drug-likeness (QED) is 0.548. The molecule has 3 aromatic rings. The fourth-order valence-electron chi connectivity index (χ4n) is 2.20. The van der Waals surface area contributed by atoms with E-state index in [1.807, 2.05) is 0 Å². The Hall–Kier alpha value is -1.97. The van der Waals surface area contributed by atoms with Crippen molar-refractivity contribution in [3.05, 3.63) is 48.5 Å². The Kier molecular flexibility index (Phi) is 1.96. The van der Waals surface area contributed by atoms with Crippen LogP contribution in [0.3, 0.4) is 0 Å². The smallest absolute Gasteiger partial charge is 0.252 e. The van der Waals surface area contributed by atoms with Gasteiger partial charge in [0.15, 0.2) is 0 Å². The van der Waals surface area contributed by atoms with Crippen LogP contribution in [0.4, 0.5) is 13.2 Å². The normalized spacial score (nSPS) is 12.4. The Morgan fingerprint density at radius 3 is 1.53 bits per heavy atom. The van der Waals surface area contributed by atoms with Crippen molar-refractivity contribution in [1.82, 2.24) is 4.57 Å². The summed E-state index contributed by atoms with van der Waals surface area (Å²) in [5.74, 6) is 0. The van der Waals surface area contributed by atoms with E-state index in [-0.39, 0.29) is 11.0 Å². The van der Waals surface area contributed by atoms with E-state index in [0.29, 0.717) is 15.3 Å². The number of halogens is 3. The van der Waals surface area contributed by atoms with Crippen molar-refractivity contribution in [2.75, 3.05) is 0 Å². The number of rotatable bonds is 0. The first-order valence-corrected chi connectivity index (χ1v) is 5.14. The first-order valence-electron chi connectivity index (χ1n) is 5.14. The van der Waals surface area contributed by atoms with Gasteiger partial charge in [0.2, 0.25) is 0 Å². The summed E-state index contributed by atoms with van der Waals surface area (Å²) in [7, 11) is 0. The van der Waals surface area contributed by atoms with Crippen molar-refractivity contribution >= 4 is 21.8 Å². The van der Waals surface area contributed by atoms with Crippen molar-refractivity contribution in [2.24, 2.45) is 0 Å². The summed E-state index contributed by atoms with van der Waals surface area (Å²) in [4.78, 5) is 0. The van der Waals surface area contributed by atoms with Gasteiger partial charge in [-0.05, 0) is 12.1 Å². The molecule has 0 amide bonds. The first kappa shape index (κ1) is 10.2. The SMILES string of the molecule is FC(F)(F)n1c2ccccc2c2ccccc21. The van der Waals surface area contributed by atoms with E-state index >= 15 is 0 Å². The van der Waals surface area contributed by atoms with Crippen LogP contribution in [0.5, 0.6) is 0 Å². The monoisotopic (exact) mass is 235 g/mol. The maximum Gasteiger partial charge on any atom is 0.489 e. The fraction of sp³-hybridized carbons (Fsp3) is 0.0769. The van der Waals surface area contributed by atoms with Gasteiger partial charge in [0.05, 0.1) is 11.0 Å². The van der Waals surface area contributed by atoms with Crippen molar-refractivity contribution in [3.8, 4) is 0 Å². The highest BCUT2D eigenvalue weighted by atomic mass is 19.4. The molecule has 0 N–H and O–H groups in total. The average Bonchev–Trinajstić information content (AvgIpc) is 2.63. The number of nitrogens with zero attached hydrogens (tertiary/aromatic N) is 1. The minimum atomic E-state index is -4.40. The molecule has 0 bridgehead atoms. The lowest BCUT2D eigenvalue weighted by molar-refractivity contribution is -0.197. The van der Waals surface area contributed by atoms with Crippen molar-refractivity contribution in [3.63, 3.8) is 0 Å². The third-order valence-electron chi connectivity index (χ3n) is 2.83. The van der Waals surface area contributed by atoms with Crippen molar-refractivity contribution < 1.29 is 13.2 Å². The van der Waals surface area contributed by atoms with Gasteiger partial charge in [-0.2, -0.15) is 0 Å². The van der Waals surface area contributed by atoms with Crippen molar-refractivity contribution in [2.45, 2.75) is 6.30 Å². The summed E-state index contributed by atoms with van der Waals surface area (Å²) in [6.45, 7) is 0. The Balaban J connectivity index is 2.60. The van der Waals surface area contributed by atoms with Gasteiger partial charge in [-0.1, -0.05) is 36.4 Å². The minimum absolute atomic E-state index is 0.196. The molecule has 0 unspecified atom stereocenters. The van der Waals surface area contributed by atoms with Crippen LogP contribution in [0.1, 0.15) is 0 Å². The molecule has 0 aliphatic rings. The molecule has 1 aromatic heterocycles. The van der Waals surface area contributed by atoms with Gasteiger partial charge in [-0.25, -0.2) is 0 Å². The highest BCUT2D eigenvalue weighted by Crippen LogP contribution is 2.36. The van der Waals surface area contributed by atoms with Crippen LogP contribution in [0.25, 0.3) is 21.8 Å². The molecule has 0 aliphatic heterocycles. The maximum atomic E-state index is 13.0. The third-order valence-corrected chi connectivity index (χ3v) is 2.83. The van der Waals surface area contributed by atoms with Gasteiger partial charge in [-0.3, -0.25) is 4.57 Å². The number of benzene rings is 2. The fourth-order valence-corrected chi connectivity index (χ4v) is 2.20. The van der Waals surface area contributed by atoms with Crippen LogP contribution in [0, 0.1) is 0 Å². The average molecular weight is 235 g/mol. The van der Waals surface area contributed by atoms with Gasteiger partial charge in [0.25, 0.3) is 0 Å². The van der Waals surface area contributed by atoms with E-state index in [2.05, 4.69) is 0 Å². The number of fused-ring (bicyclic) bond motifs is 3. The number of para-hydroxylation sites is 2. The lowest BCUT2D eigenvalue weighted by atomic mass is 10.2. The van der Waals surface area contributed by atoms with Gasteiger partial charge in [0.1, 0.15) is 0 Å². The Morgan fingerprint density at radius 1 is 0.706 bits per heavy atom. The summed E-state index contributed by atoms with van der Waals surface area (Å²) in [5.41, 5.74) is 0.391. The minimum Gasteiger partial charge on any atom is -0.252 e. The molecular formula is C13H8F3N. The van der Waals surface area contributed by atoms with Gasteiger partial charge in [0, 0.05) is 10.8 Å². The zero-order valence-corrected chi connectivity index (χ0v) is 8.70. The number of hydrogen-bond donors (Lipinski definition) is 0. The van der Waals surface area contributed by atoms with Crippen LogP contribution in [-0.2, 0) is 6.30 Å². The van der Waals surface area contributed by atoms with E-state index in [1.54, 1.807) is 36.4 Å². The lowest BCUT2D eigenvalue weighted by Gasteiger charge is -2.10. The molecule has 0 fully saturated rings. The topological polar surface area (TPSA) is 4.93 Å². The molecule has 17 heavy (non-hydrogen) atoms. The molecule has 1 heterocycles. The second kappa shape index (κ2) is 3.26. The Morgan fingerprint density at radius 2 is 1.12 bits per heavy atom. The summed E-state index contributed by atoms with van der Waals surface area (Å²) < 4.78 is 39.6. The highest BCUT2D eigenvalue weighted by Gasteiger charge is 2.33. The Labute approximate surface area is 95.1 Å². The Bertz CT molecular complexity index is 641. The summed E-state index contributed by atoms with van der Waals surface area (Å²) in [6.07, 6.45) is -4.40. The molecule has 0 atom stereocenters. The predicted octanol–water partition coefficient (Wildman–Crippen LogP) is 4.27. The molecule has 3 rings (SSSR count). The molecule has 2 aromatic carbocycles. The van der Waals surface area contributed by atoms with Crippen molar-refractivity contribution in [1.29, 1.82) is 0 Å². The van der Waals surface area contributed by atoms with Gasteiger partial charge in [-0.15, -0.1) is 13.2 Å². The van der Waals surface area contributed by atoms with E-state index in [0.717, 1.165) is 0 Å². The zero-order valence-electron chi connectivity index (χ0n) is 8.70. The van der Waals surface area contributed by atoms with Crippen LogP contribution >= 0.6 is 0 Å². The van der Waals surface area contributed by atoms with E-state index < -0.39 is 6.30 Å². The third kappa shape index (κ3) is 1.40. The molecular weight excluding hydrogens is 227 g/mol. The highest BCUT2D eigenvalue weighted by molar-refractivity contribution is 6.08. The number of aromatic nitrogens is 1. The van der Waals surface area contributed by atoms with Crippen LogP contribution in [0.2, 0.25) is 0 Å². The van der Waals surface area contributed by atoms with Crippen LogP contribution in [0.15, 0.2) is 48.5 Å². The molecule has 0 aliphatic carbocycles. The van der Waals surface area contributed by atoms with Crippen LogP contribution < -0.4 is 0 Å². The zero-order chi connectivity index (χ0) is 12.0. The first-order chi connectivity index (χ1) is 8.09. The van der Waals surface area contributed by atoms with E-state index in [1.165, 1.54) is 12.1 Å². The molecule has 86 valence electrons. The molecule has 0 saturated heterocycles. The van der Waals surface area contributed by atoms with Gasteiger partial charge < -0.3 is 0 Å². The van der Waals surface area contributed by atoms with Crippen LogP contribution in [-0.4, -0.2) is 4.57 Å². The summed E-state index contributed by atoms with van der Waals surface area (Å²) in [5, 5.41) is 1.25. The second-order valence-corrected chi connectivity index (χ2v) is 3.84. The number of hydrogen-bond acceptors (Lipinski definition) is 0. The predicted molar refractivity (Wildman–Crippen MR) is 60.7 cm³/mol. The molecule has 0 radical (unpaired) electrons. The maximum absolute atomic E-state index is 13.0. The second-order valence-electron chi connectivity index (χ2n) is 3.84. The standard InChI is InChI=1S/C13H8F3N/c14-13(15,16)17-11-7-3-1-5-9(11)10-6-2-4-8-12(10)17/h1-8H. The summed E-state index contributed by atoms with van der Waals surface area (Å²) >= 11 is 0. The number of alkyl halides is 3. The van der Waals surface area contributed by atoms with E-state index in [4.69, 9.17) is 0 Å². The molecule has 0 saturated carbocycles. The molecule has 0 spiro atoms. The van der Waals surface area contributed by atoms with E-state index in [9.17, 15) is 13.2 Å². The largest absolute Gasteiger partial charge is 0.489 e. The lowest BCUT2D eigenvalue weighted by Crippen LogP contribution is -2.15. The molecule has 4 heteroatoms.